The van der Waals surface area contributed by atoms with Crippen LogP contribution in [0.4, 0.5) is 0 Å². The minimum Gasteiger partial charge on any atom is -0.508 e. The Kier molecular flexibility index (Phi) is 12.2. The van der Waals surface area contributed by atoms with Gasteiger partial charge in [0.25, 0.3) is 0 Å². The molecule has 3 atom stereocenters. The maximum atomic E-state index is 13.5. The van der Waals surface area contributed by atoms with E-state index in [2.05, 4.69) is 16.0 Å². The number of amides is 3. The highest BCUT2D eigenvalue weighted by atomic mass is 16.4. The fourth-order valence-corrected chi connectivity index (χ4v) is 5.12. The molecule has 1 unspecified atom stereocenters. The van der Waals surface area contributed by atoms with Gasteiger partial charge in [0.15, 0.2) is 0 Å². The number of nitrogens with two attached hydrogens (primary N) is 1. The number of hydrogen-bond donors (Lipinski definition) is 7. The number of rotatable bonds is 16. The molecule has 0 saturated heterocycles. The topological polar surface area (TPSA) is 208 Å². The van der Waals surface area contributed by atoms with E-state index < -0.39 is 59.6 Å². The van der Waals surface area contributed by atoms with E-state index in [4.69, 9.17) is 5.73 Å². The number of aromatic hydroxyl groups is 1. The first-order valence-electron chi connectivity index (χ1n) is 13.3. The van der Waals surface area contributed by atoms with Gasteiger partial charge in [0.05, 0.1) is 11.8 Å². The van der Waals surface area contributed by atoms with Gasteiger partial charge in [-0.15, -0.1) is 0 Å². The van der Waals surface area contributed by atoms with E-state index in [1.807, 2.05) is 0 Å². The van der Waals surface area contributed by atoms with Crippen molar-refractivity contribution < 1.29 is 39.3 Å². The fraction of sp³-hybridized carbons (Fsp3) is 0.593. The Morgan fingerprint density at radius 2 is 1.59 bits per heavy atom. The van der Waals surface area contributed by atoms with Crippen molar-refractivity contribution >= 4 is 29.7 Å². The monoisotopic (exact) mass is 548 g/mol. The van der Waals surface area contributed by atoms with Crippen molar-refractivity contribution in [2.45, 2.75) is 89.3 Å². The summed E-state index contributed by atoms with van der Waals surface area (Å²) >= 11 is 0. The molecule has 1 aromatic rings. The van der Waals surface area contributed by atoms with E-state index in [-0.39, 0.29) is 18.6 Å². The summed E-state index contributed by atoms with van der Waals surface area (Å²) in [5.74, 6) is -3.81. The van der Waals surface area contributed by atoms with Crippen LogP contribution in [0.2, 0.25) is 0 Å². The van der Waals surface area contributed by atoms with Gasteiger partial charge in [0.1, 0.15) is 17.8 Å². The second-order valence-electron chi connectivity index (χ2n) is 10.3. The predicted molar refractivity (Wildman–Crippen MR) is 142 cm³/mol. The van der Waals surface area contributed by atoms with Gasteiger partial charge in [-0.05, 0) is 62.8 Å². The number of unbranched alkanes of at least 4 members (excludes halogenated alkanes) is 1. The molecule has 0 spiro atoms. The van der Waals surface area contributed by atoms with Crippen LogP contribution in [0.1, 0.15) is 70.3 Å². The molecule has 8 N–H and O–H groups in total. The number of carbonyl (C=O) groups is 5. The van der Waals surface area contributed by atoms with Crippen molar-refractivity contribution in [1.82, 2.24) is 16.0 Å². The molecule has 1 aliphatic rings. The van der Waals surface area contributed by atoms with Crippen LogP contribution in [0.3, 0.4) is 0 Å². The van der Waals surface area contributed by atoms with Crippen LogP contribution in [-0.2, 0) is 30.4 Å². The summed E-state index contributed by atoms with van der Waals surface area (Å²) in [5.41, 5.74) is 5.08. The van der Waals surface area contributed by atoms with Gasteiger partial charge < -0.3 is 37.0 Å². The van der Waals surface area contributed by atoms with Gasteiger partial charge in [-0.1, -0.05) is 25.0 Å². The van der Waals surface area contributed by atoms with Crippen LogP contribution in [0.15, 0.2) is 24.3 Å². The molecule has 0 heterocycles. The SMILES string of the molecule is CC(=O)N[C@@H](CCCCN)C(=O)N[C@@H](CC(=O)O)CC1(C(=O)NC(Cc2ccc(O)cc2)C(=O)O)CCCC1. The number of benzene rings is 1. The minimum absolute atomic E-state index is 0.00603. The third-order valence-electron chi connectivity index (χ3n) is 7.07. The zero-order valence-electron chi connectivity index (χ0n) is 22.3. The maximum Gasteiger partial charge on any atom is 0.326 e. The Labute approximate surface area is 227 Å². The molecule has 1 aromatic carbocycles. The smallest absolute Gasteiger partial charge is 0.326 e. The van der Waals surface area contributed by atoms with E-state index in [1.165, 1.54) is 19.1 Å². The highest BCUT2D eigenvalue weighted by molar-refractivity contribution is 5.89. The van der Waals surface area contributed by atoms with Gasteiger partial charge in [-0.25, -0.2) is 4.79 Å². The normalized spacial score (nSPS) is 16.5. The Hall–Kier alpha value is -3.67. The van der Waals surface area contributed by atoms with E-state index in [1.54, 1.807) is 12.1 Å². The number of aliphatic carboxylic acids is 2. The molecule has 216 valence electrons. The van der Waals surface area contributed by atoms with Crippen molar-refractivity contribution in [1.29, 1.82) is 0 Å². The highest BCUT2D eigenvalue weighted by Gasteiger charge is 2.44. The molecule has 39 heavy (non-hydrogen) atoms. The summed E-state index contributed by atoms with van der Waals surface area (Å²) in [6.45, 7) is 1.71. The lowest BCUT2D eigenvalue weighted by molar-refractivity contribution is -0.144. The molecule has 0 aliphatic heterocycles. The Morgan fingerprint density at radius 3 is 2.13 bits per heavy atom. The van der Waals surface area contributed by atoms with Crippen molar-refractivity contribution in [3.63, 3.8) is 0 Å². The van der Waals surface area contributed by atoms with Crippen molar-refractivity contribution in [2.75, 3.05) is 6.54 Å². The first-order chi connectivity index (χ1) is 18.5. The van der Waals surface area contributed by atoms with Gasteiger partial charge in [-0.3, -0.25) is 19.2 Å². The number of hydrogen-bond acceptors (Lipinski definition) is 7. The highest BCUT2D eigenvalue weighted by Crippen LogP contribution is 2.43. The second kappa shape index (κ2) is 15.1. The van der Waals surface area contributed by atoms with Crippen molar-refractivity contribution in [3.8, 4) is 5.75 Å². The number of nitrogens with one attached hydrogen (secondary N) is 3. The van der Waals surface area contributed by atoms with Gasteiger partial charge in [0, 0.05) is 19.4 Å². The van der Waals surface area contributed by atoms with E-state index >= 15 is 0 Å². The van der Waals surface area contributed by atoms with Crippen LogP contribution in [0.25, 0.3) is 0 Å². The molecule has 0 radical (unpaired) electrons. The molecule has 2 rings (SSSR count). The predicted octanol–water partition coefficient (Wildman–Crippen LogP) is 1.05. The molecule has 12 heteroatoms. The molecule has 12 nitrogen and oxygen atoms in total. The van der Waals surface area contributed by atoms with Crippen LogP contribution in [0, 0.1) is 5.41 Å². The third kappa shape index (κ3) is 10.2. The van der Waals surface area contributed by atoms with Crippen molar-refractivity contribution in [2.24, 2.45) is 11.1 Å². The first-order valence-corrected chi connectivity index (χ1v) is 13.3. The molecule has 0 bridgehead atoms. The number of phenolic OH excluding ortho intramolecular Hbond substituents is 1. The minimum atomic E-state index is -1.24. The maximum absolute atomic E-state index is 13.5. The van der Waals surface area contributed by atoms with Gasteiger partial charge in [-0.2, -0.15) is 0 Å². The summed E-state index contributed by atoms with van der Waals surface area (Å²) in [6.07, 6.45) is 3.37. The summed E-state index contributed by atoms with van der Waals surface area (Å²) < 4.78 is 0. The largest absolute Gasteiger partial charge is 0.508 e. The Balaban J connectivity index is 2.20. The van der Waals surface area contributed by atoms with E-state index in [0.717, 1.165) is 0 Å². The molecule has 1 fully saturated rings. The summed E-state index contributed by atoms with van der Waals surface area (Å²) in [7, 11) is 0. The van der Waals surface area contributed by atoms with Gasteiger partial charge >= 0.3 is 11.9 Å². The first kappa shape index (κ1) is 31.5. The molecule has 0 aromatic heterocycles. The van der Waals surface area contributed by atoms with Crippen LogP contribution >= 0.6 is 0 Å². The van der Waals surface area contributed by atoms with Crippen LogP contribution in [0.5, 0.6) is 5.75 Å². The third-order valence-corrected chi connectivity index (χ3v) is 7.07. The standard InChI is InChI=1S/C27H40N4O8/c1-17(32)29-21(6-2-5-13-28)24(36)30-19(15-23(34)35)16-27(11-3-4-12-27)26(39)31-22(25(37)38)14-18-7-9-20(33)10-8-18/h7-10,19,21-22,33H,2-6,11-16,28H2,1H3,(H,29,32)(H,30,36)(H,31,39)(H,34,35)(H,37,38)/t19-,21-,22?/m0/s1. The summed E-state index contributed by atoms with van der Waals surface area (Å²) in [6, 6.07) is 2.97. The lowest BCUT2D eigenvalue weighted by Gasteiger charge is -2.33. The van der Waals surface area contributed by atoms with E-state index in [9.17, 15) is 39.3 Å². The fourth-order valence-electron chi connectivity index (χ4n) is 5.12. The van der Waals surface area contributed by atoms with Crippen LogP contribution in [-0.4, -0.2) is 69.7 Å². The molecular weight excluding hydrogens is 508 g/mol. The van der Waals surface area contributed by atoms with E-state index in [0.29, 0.717) is 57.1 Å². The zero-order chi connectivity index (χ0) is 29.0. The van der Waals surface area contributed by atoms with Crippen molar-refractivity contribution in [3.05, 3.63) is 29.8 Å². The summed E-state index contributed by atoms with van der Waals surface area (Å²) in [4.78, 5) is 61.9. The zero-order valence-corrected chi connectivity index (χ0v) is 22.3. The number of carbonyl (C=O) groups excluding carboxylic acids is 3. The molecule has 1 saturated carbocycles. The quantitative estimate of drug-likeness (QED) is 0.147. The Bertz CT molecular complexity index is 1010. The number of phenols is 1. The lowest BCUT2D eigenvalue weighted by Crippen LogP contribution is -2.53. The molecular formula is C27H40N4O8. The lowest BCUT2D eigenvalue weighted by atomic mass is 9.78. The molecule has 3 amide bonds. The number of carboxylic acids is 2. The average Bonchev–Trinajstić information content (AvgIpc) is 3.33. The number of carboxylic acid groups (broad SMARTS) is 2. The van der Waals surface area contributed by atoms with Crippen LogP contribution < -0.4 is 21.7 Å². The summed E-state index contributed by atoms with van der Waals surface area (Å²) in [5, 5.41) is 36.7. The Morgan fingerprint density at radius 1 is 0.949 bits per heavy atom. The second-order valence-corrected chi connectivity index (χ2v) is 10.3. The van der Waals surface area contributed by atoms with Gasteiger partial charge in [0.2, 0.25) is 17.7 Å². The average molecular weight is 549 g/mol. The molecule has 1 aliphatic carbocycles.